The molecule has 0 radical (unpaired) electrons. The van der Waals surface area contributed by atoms with Gasteiger partial charge in [0.1, 0.15) is 16.3 Å². The summed E-state index contributed by atoms with van der Waals surface area (Å²) in [6.07, 6.45) is 4.76. The van der Waals surface area contributed by atoms with Crippen LogP contribution in [-0.2, 0) is 13.1 Å². The first-order valence-electron chi connectivity index (χ1n) is 6.95. The van der Waals surface area contributed by atoms with Crippen molar-refractivity contribution in [3.05, 3.63) is 45.8 Å². The van der Waals surface area contributed by atoms with Gasteiger partial charge in [-0.1, -0.05) is 6.92 Å². The number of hydrogen-bond donors (Lipinski definition) is 2. The van der Waals surface area contributed by atoms with E-state index in [4.69, 9.17) is 0 Å². The van der Waals surface area contributed by atoms with Gasteiger partial charge in [0.25, 0.3) is 5.56 Å². The van der Waals surface area contributed by atoms with Crippen molar-refractivity contribution in [2.45, 2.75) is 26.4 Å². The number of imidazole rings is 1. The molecule has 3 rings (SSSR count). The van der Waals surface area contributed by atoms with Gasteiger partial charge in [-0.3, -0.25) is 4.79 Å². The first-order chi connectivity index (χ1) is 10.3. The lowest BCUT2D eigenvalue weighted by Crippen LogP contribution is -2.19. The predicted octanol–water partition coefficient (Wildman–Crippen LogP) is 1.73. The molecule has 3 heterocycles. The number of aromatic nitrogens is 4. The van der Waals surface area contributed by atoms with Crippen LogP contribution in [0.3, 0.4) is 0 Å². The van der Waals surface area contributed by atoms with E-state index in [0.29, 0.717) is 23.6 Å². The van der Waals surface area contributed by atoms with Crippen molar-refractivity contribution in [1.82, 2.24) is 24.8 Å². The third kappa shape index (κ3) is 3.03. The van der Waals surface area contributed by atoms with Gasteiger partial charge in [0.05, 0.1) is 18.6 Å². The lowest BCUT2D eigenvalue weighted by molar-refractivity contribution is 0.608. The summed E-state index contributed by atoms with van der Waals surface area (Å²) in [5.74, 6) is 1.59. The number of fused-ring (bicyclic) bond motifs is 1. The normalized spacial score (nSPS) is 11.3. The van der Waals surface area contributed by atoms with Gasteiger partial charge < -0.3 is 14.9 Å². The van der Waals surface area contributed by atoms with E-state index in [1.165, 1.54) is 11.3 Å². The number of nitrogens with zero attached hydrogens (tertiary/aromatic N) is 3. The molecule has 3 aromatic heterocycles. The highest BCUT2D eigenvalue weighted by molar-refractivity contribution is 7.17. The van der Waals surface area contributed by atoms with Crippen molar-refractivity contribution >= 4 is 21.6 Å². The average molecular weight is 303 g/mol. The number of aromatic amines is 1. The van der Waals surface area contributed by atoms with Crippen LogP contribution < -0.4 is 10.9 Å². The van der Waals surface area contributed by atoms with Gasteiger partial charge in [-0.25, -0.2) is 9.97 Å². The zero-order valence-corrected chi connectivity index (χ0v) is 12.6. The molecule has 0 bridgehead atoms. The van der Waals surface area contributed by atoms with Crippen LogP contribution in [0.1, 0.15) is 25.0 Å². The molecule has 21 heavy (non-hydrogen) atoms. The van der Waals surface area contributed by atoms with Crippen molar-refractivity contribution in [3.8, 4) is 0 Å². The van der Waals surface area contributed by atoms with Crippen LogP contribution >= 0.6 is 11.3 Å². The molecule has 2 N–H and O–H groups in total. The van der Waals surface area contributed by atoms with E-state index in [1.807, 2.05) is 22.2 Å². The maximum absolute atomic E-state index is 12.0. The molecular weight excluding hydrogens is 286 g/mol. The summed E-state index contributed by atoms with van der Waals surface area (Å²) in [4.78, 5) is 23.6. The van der Waals surface area contributed by atoms with Crippen LogP contribution in [0, 0.1) is 0 Å². The molecule has 0 amide bonds. The highest BCUT2D eigenvalue weighted by Gasteiger charge is 2.08. The van der Waals surface area contributed by atoms with Crippen LogP contribution in [0.4, 0.5) is 0 Å². The fourth-order valence-electron chi connectivity index (χ4n) is 2.19. The van der Waals surface area contributed by atoms with Crippen molar-refractivity contribution in [1.29, 1.82) is 0 Å². The largest absolute Gasteiger partial charge is 0.326 e. The van der Waals surface area contributed by atoms with E-state index >= 15 is 0 Å². The van der Waals surface area contributed by atoms with Crippen LogP contribution in [0.5, 0.6) is 0 Å². The summed E-state index contributed by atoms with van der Waals surface area (Å²) in [7, 11) is 0. The smallest absolute Gasteiger partial charge is 0.268 e. The zero-order chi connectivity index (χ0) is 14.7. The minimum atomic E-state index is -0.0734. The SMILES string of the molecule is CCCNCc1nccn1Cc1nc2ccsc2c(=O)[nH]1. The van der Waals surface area contributed by atoms with E-state index < -0.39 is 0 Å². The number of nitrogens with one attached hydrogen (secondary N) is 2. The highest BCUT2D eigenvalue weighted by atomic mass is 32.1. The summed E-state index contributed by atoms with van der Waals surface area (Å²) in [5.41, 5.74) is 0.681. The maximum Gasteiger partial charge on any atom is 0.268 e. The summed E-state index contributed by atoms with van der Waals surface area (Å²) in [6, 6.07) is 1.87. The first-order valence-corrected chi connectivity index (χ1v) is 7.83. The van der Waals surface area contributed by atoms with Gasteiger partial charge in [-0.2, -0.15) is 0 Å². The maximum atomic E-state index is 12.0. The van der Waals surface area contributed by atoms with E-state index in [2.05, 4.69) is 27.2 Å². The fourth-order valence-corrected chi connectivity index (χ4v) is 2.91. The molecule has 0 aliphatic rings. The zero-order valence-electron chi connectivity index (χ0n) is 11.8. The van der Waals surface area contributed by atoms with E-state index in [1.54, 1.807) is 6.20 Å². The third-order valence-electron chi connectivity index (χ3n) is 3.20. The summed E-state index contributed by atoms with van der Waals surface area (Å²) in [6.45, 7) is 4.32. The number of hydrogen-bond acceptors (Lipinski definition) is 5. The summed E-state index contributed by atoms with van der Waals surface area (Å²) < 4.78 is 2.67. The quantitative estimate of drug-likeness (QED) is 0.680. The standard InChI is InChI=1S/C14H17N5OS/c1-2-4-15-8-12-16-5-6-19(12)9-11-17-10-3-7-21-13(10)14(20)18-11/h3,5-7,15H,2,4,8-9H2,1H3,(H,17,18,20). The molecule has 0 fully saturated rings. The van der Waals surface area contributed by atoms with Crippen LogP contribution in [-0.4, -0.2) is 26.1 Å². The summed E-state index contributed by atoms with van der Waals surface area (Å²) in [5, 5.41) is 5.21. The molecule has 0 aliphatic carbocycles. The average Bonchev–Trinajstić information content (AvgIpc) is 3.09. The fraction of sp³-hybridized carbons (Fsp3) is 0.357. The van der Waals surface area contributed by atoms with Gasteiger partial charge in [0.2, 0.25) is 0 Å². The van der Waals surface area contributed by atoms with Gasteiger partial charge >= 0.3 is 0 Å². The van der Waals surface area contributed by atoms with Crippen molar-refractivity contribution in [3.63, 3.8) is 0 Å². The molecule has 3 aromatic rings. The van der Waals surface area contributed by atoms with Gasteiger partial charge in [-0.05, 0) is 24.4 Å². The molecule has 0 saturated heterocycles. The molecule has 0 aliphatic heterocycles. The van der Waals surface area contributed by atoms with Gasteiger partial charge in [-0.15, -0.1) is 11.3 Å². The monoisotopic (exact) mass is 303 g/mol. The molecule has 7 heteroatoms. The highest BCUT2D eigenvalue weighted by Crippen LogP contribution is 2.14. The first kappa shape index (κ1) is 14.0. The third-order valence-corrected chi connectivity index (χ3v) is 4.10. The Morgan fingerprint density at radius 3 is 3.24 bits per heavy atom. The molecule has 0 aromatic carbocycles. The Morgan fingerprint density at radius 2 is 2.38 bits per heavy atom. The van der Waals surface area contributed by atoms with Crippen LogP contribution in [0.25, 0.3) is 10.2 Å². The van der Waals surface area contributed by atoms with Crippen molar-refractivity contribution in [2.75, 3.05) is 6.54 Å². The van der Waals surface area contributed by atoms with Crippen LogP contribution in [0.15, 0.2) is 28.6 Å². The van der Waals surface area contributed by atoms with E-state index in [-0.39, 0.29) is 5.56 Å². The second-order valence-electron chi connectivity index (χ2n) is 4.80. The van der Waals surface area contributed by atoms with Crippen molar-refractivity contribution in [2.24, 2.45) is 0 Å². The minimum Gasteiger partial charge on any atom is -0.326 e. The van der Waals surface area contributed by atoms with Gasteiger partial charge in [0.15, 0.2) is 0 Å². The molecule has 110 valence electrons. The van der Waals surface area contributed by atoms with E-state index in [9.17, 15) is 4.79 Å². The second kappa shape index (κ2) is 6.19. The molecular formula is C14H17N5OS. The Bertz CT molecular complexity index is 788. The molecule has 6 nitrogen and oxygen atoms in total. The van der Waals surface area contributed by atoms with Crippen LogP contribution in [0.2, 0.25) is 0 Å². The summed E-state index contributed by atoms with van der Waals surface area (Å²) >= 11 is 1.41. The van der Waals surface area contributed by atoms with Crippen molar-refractivity contribution < 1.29 is 0 Å². The minimum absolute atomic E-state index is 0.0734. The Balaban J connectivity index is 1.82. The predicted molar refractivity (Wildman–Crippen MR) is 83.6 cm³/mol. The Hall–Kier alpha value is -1.99. The Kier molecular flexibility index (Phi) is 4.12. The number of rotatable bonds is 6. The van der Waals surface area contributed by atoms with E-state index in [0.717, 1.165) is 24.3 Å². The lowest BCUT2D eigenvalue weighted by Gasteiger charge is -2.08. The number of H-pyrrole nitrogens is 1. The molecule has 0 spiro atoms. The topological polar surface area (TPSA) is 75.6 Å². The second-order valence-corrected chi connectivity index (χ2v) is 5.71. The molecule has 0 atom stereocenters. The molecule has 0 saturated carbocycles. The lowest BCUT2D eigenvalue weighted by atomic mass is 10.4. The Labute approximate surface area is 125 Å². The number of thiophene rings is 1. The van der Waals surface area contributed by atoms with Gasteiger partial charge in [0, 0.05) is 12.4 Å². The Morgan fingerprint density at radius 1 is 1.48 bits per heavy atom. The molecule has 0 unspecified atom stereocenters.